The van der Waals surface area contributed by atoms with E-state index in [0.717, 1.165) is 37.7 Å². The summed E-state index contributed by atoms with van der Waals surface area (Å²) in [6, 6.07) is 6.25. The maximum atomic E-state index is 5.83. The van der Waals surface area contributed by atoms with Gasteiger partial charge >= 0.3 is 0 Å². The van der Waals surface area contributed by atoms with Gasteiger partial charge in [0.15, 0.2) is 0 Å². The molecule has 0 saturated carbocycles. The van der Waals surface area contributed by atoms with E-state index in [0.29, 0.717) is 11.2 Å². The largest absolute Gasteiger partial charge is 0.340 e. The highest BCUT2D eigenvalue weighted by atomic mass is 35.5. The van der Waals surface area contributed by atoms with Crippen LogP contribution in [0.4, 0.5) is 5.95 Å². The molecule has 5 nitrogen and oxygen atoms in total. The van der Waals surface area contributed by atoms with Crippen molar-refractivity contribution < 1.29 is 0 Å². The summed E-state index contributed by atoms with van der Waals surface area (Å²) in [6.45, 7) is 4.98. The molecule has 0 N–H and O–H groups in total. The standard InChI is InChI=1S/C16H20ClN5/c1-12-5-7-18-16(20-12)21(2)14-6-8-22(11-14)10-13-3-4-15(17)19-9-13/h3-5,7,9,14H,6,8,10-11H2,1-2H3. The molecule has 1 aliphatic heterocycles. The van der Waals surface area contributed by atoms with Crippen LogP contribution in [0, 0.1) is 6.92 Å². The van der Waals surface area contributed by atoms with Gasteiger partial charge in [-0.1, -0.05) is 17.7 Å². The zero-order valence-electron chi connectivity index (χ0n) is 12.9. The summed E-state index contributed by atoms with van der Waals surface area (Å²) >= 11 is 5.83. The minimum absolute atomic E-state index is 0.446. The Kier molecular flexibility index (Phi) is 4.55. The highest BCUT2D eigenvalue weighted by Gasteiger charge is 2.27. The van der Waals surface area contributed by atoms with Gasteiger partial charge in [0.2, 0.25) is 5.95 Å². The minimum Gasteiger partial charge on any atom is -0.340 e. The first-order valence-electron chi connectivity index (χ1n) is 7.47. The predicted molar refractivity (Wildman–Crippen MR) is 88.1 cm³/mol. The van der Waals surface area contributed by atoms with Crippen LogP contribution in [0.5, 0.6) is 0 Å². The molecule has 1 unspecified atom stereocenters. The zero-order valence-corrected chi connectivity index (χ0v) is 13.7. The Morgan fingerprint density at radius 2 is 2.18 bits per heavy atom. The van der Waals surface area contributed by atoms with Crippen molar-refractivity contribution in [1.82, 2.24) is 19.9 Å². The summed E-state index contributed by atoms with van der Waals surface area (Å²) in [5, 5.41) is 0.541. The molecule has 2 aromatic heterocycles. The monoisotopic (exact) mass is 317 g/mol. The highest BCUT2D eigenvalue weighted by molar-refractivity contribution is 6.29. The second-order valence-corrected chi connectivity index (χ2v) is 6.16. The smallest absolute Gasteiger partial charge is 0.225 e. The van der Waals surface area contributed by atoms with E-state index in [2.05, 4.69) is 31.8 Å². The van der Waals surface area contributed by atoms with Crippen molar-refractivity contribution in [1.29, 1.82) is 0 Å². The van der Waals surface area contributed by atoms with Gasteiger partial charge in [0.05, 0.1) is 0 Å². The predicted octanol–water partition coefficient (Wildman–Crippen LogP) is 2.54. The summed E-state index contributed by atoms with van der Waals surface area (Å²) in [6.07, 6.45) is 4.79. The fourth-order valence-corrected chi connectivity index (χ4v) is 2.91. The Morgan fingerprint density at radius 1 is 1.32 bits per heavy atom. The Hall–Kier alpha value is -1.72. The first-order chi connectivity index (χ1) is 10.6. The first-order valence-corrected chi connectivity index (χ1v) is 7.85. The number of hydrogen-bond donors (Lipinski definition) is 0. The lowest BCUT2D eigenvalue weighted by atomic mass is 10.2. The van der Waals surface area contributed by atoms with Gasteiger partial charge in [-0.3, -0.25) is 4.90 Å². The van der Waals surface area contributed by atoms with E-state index < -0.39 is 0 Å². The minimum atomic E-state index is 0.446. The molecule has 1 aliphatic rings. The number of rotatable bonds is 4. The summed E-state index contributed by atoms with van der Waals surface area (Å²) < 4.78 is 0. The van der Waals surface area contributed by atoms with Crippen LogP contribution >= 0.6 is 11.6 Å². The Balaban J connectivity index is 1.61. The molecule has 1 fully saturated rings. The van der Waals surface area contributed by atoms with Crippen LogP contribution in [0.15, 0.2) is 30.6 Å². The second kappa shape index (κ2) is 6.58. The number of likely N-dealkylation sites (N-methyl/N-ethyl adjacent to an activating group) is 1. The summed E-state index contributed by atoms with van der Waals surface area (Å²) in [7, 11) is 2.08. The molecule has 3 heterocycles. The van der Waals surface area contributed by atoms with Crippen LogP contribution in [-0.2, 0) is 6.54 Å². The van der Waals surface area contributed by atoms with Crippen molar-refractivity contribution in [3.63, 3.8) is 0 Å². The van der Waals surface area contributed by atoms with Gasteiger partial charge in [0.1, 0.15) is 5.15 Å². The third-order valence-corrected chi connectivity index (χ3v) is 4.31. The molecular formula is C16H20ClN5. The SMILES string of the molecule is Cc1ccnc(N(C)C2CCN(Cc3ccc(Cl)nc3)C2)n1. The van der Waals surface area contributed by atoms with E-state index in [1.54, 1.807) is 0 Å². The summed E-state index contributed by atoms with van der Waals surface area (Å²) in [5.41, 5.74) is 2.19. The topological polar surface area (TPSA) is 45.2 Å². The molecule has 0 radical (unpaired) electrons. The normalized spacial score (nSPS) is 18.6. The average Bonchev–Trinajstić information content (AvgIpc) is 2.97. The van der Waals surface area contributed by atoms with Gasteiger partial charge in [0.25, 0.3) is 0 Å². The molecule has 22 heavy (non-hydrogen) atoms. The molecule has 116 valence electrons. The maximum absolute atomic E-state index is 5.83. The van der Waals surface area contributed by atoms with Crippen LogP contribution < -0.4 is 4.90 Å². The van der Waals surface area contributed by atoms with Gasteiger partial charge in [-0.05, 0) is 31.0 Å². The van der Waals surface area contributed by atoms with Crippen molar-refractivity contribution in [2.75, 3.05) is 25.0 Å². The van der Waals surface area contributed by atoms with Crippen LogP contribution in [0.2, 0.25) is 5.15 Å². The molecule has 1 saturated heterocycles. The summed E-state index contributed by atoms with van der Waals surface area (Å²) in [4.78, 5) is 17.6. The van der Waals surface area contributed by atoms with Crippen molar-refractivity contribution in [2.45, 2.75) is 25.9 Å². The fourth-order valence-electron chi connectivity index (χ4n) is 2.80. The second-order valence-electron chi connectivity index (χ2n) is 5.78. The molecule has 0 amide bonds. The summed E-state index contributed by atoms with van der Waals surface area (Å²) in [5.74, 6) is 0.806. The molecular weight excluding hydrogens is 298 g/mol. The lowest BCUT2D eigenvalue weighted by Gasteiger charge is -2.25. The molecule has 1 atom stereocenters. The molecule has 0 aliphatic carbocycles. The molecule has 0 spiro atoms. The molecule has 0 aromatic carbocycles. The van der Waals surface area contributed by atoms with E-state index in [4.69, 9.17) is 11.6 Å². The lowest BCUT2D eigenvalue weighted by molar-refractivity contribution is 0.325. The van der Waals surface area contributed by atoms with Gasteiger partial charge in [-0.2, -0.15) is 0 Å². The average molecular weight is 318 g/mol. The number of aromatic nitrogens is 3. The molecule has 3 rings (SSSR count). The third-order valence-electron chi connectivity index (χ3n) is 4.09. The van der Waals surface area contributed by atoms with Gasteiger partial charge in [-0.25, -0.2) is 15.0 Å². The van der Waals surface area contributed by atoms with E-state index in [9.17, 15) is 0 Å². The number of nitrogens with zero attached hydrogens (tertiary/aromatic N) is 5. The number of likely N-dealkylation sites (tertiary alicyclic amines) is 1. The molecule has 2 aromatic rings. The highest BCUT2D eigenvalue weighted by Crippen LogP contribution is 2.20. The van der Waals surface area contributed by atoms with Crippen LogP contribution in [-0.4, -0.2) is 46.0 Å². The van der Waals surface area contributed by atoms with E-state index in [1.807, 2.05) is 37.5 Å². The van der Waals surface area contributed by atoms with Gasteiger partial charge in [0, 0.05) is 50.8 Å². The van der Waals surface area contributed by atoms with Gasteiger partial charge in [-0.15, -0.1) is 0 Å². The first kappa shape index (κ1) is 15.2. The van der Waals surface area contributed by atoms with Crippen LogP contribution in [0.25, 0.3) is 0 Å². The maximum Gasteiger partial charge on any atom is 0.225 e. The fraction of sp³-hybridized carbons (Fsp3) is 0.438. The third kappa shape index (κ3) is 3.54. The van der Waals surface area contributed by atoms with Crippen LogP contribution in [0.1, 0.15) is 17.7 Å². The Morgan fingerprint density at radius 3 is 2.91 bits per heavy atom. The van der Waals surface area contributed by atoms with Crippen molar-refractivity contribution >= 4 is 17.5 Å². The number of aryl methyl sites for hydroxylation is 1. The number of pyridine rings is 1. The van der Waals surface area contributed by atoms with E-state index in [1.165, 1.54) is 5.56 Å². The molecule has 6 heteroatoms. The van der Waals surface area contributed by atoms with E-state index >= 15 is 0 Å². The lowest BCUT2D eigenvalue weighted by Crippen LogP contribution is -2.35. The van der Waals surface area contributed by atoms with Crippen molar-refractivity contribution in [3.05, 3.63) is 47.0 Å². The van der Waals surface area contributed by atoms with E-state index in [-0.39, 0.29) is 0 Å². The molecule has 0 bridgehead atoms. The number of halogens is 1. The quantitative estimate of drug-likeness (QED) is 0.811. The van der Waals surface area contributed by atoms with Crippen molar-refractivity contribution in [3.8, 4) is 0 Å². The zero-order chi connectivity index (χ0) is 15.5. The number of hydrogen-bond acceptors (Lipinski definition) is 5. The number of anilines is 1. The Bertz CT molecular complexity index is 631. The van der Waals surface area contributed by atoms with Crippen molar-refractivity contribution in [2.24, 2.45) is 0 Å². The van der Waals surface area contributed by atoms with Gasteiger partial charge < -0.3 is 4.90 Å². The Labute approximate surface area is 136 Å². The van der Waals surface area contributed by atoms with Crippen LogP contribution in [0.3, 0.4) is 0 Å².